The molecule has 0 unspecified atom stereocenters. The van der Waals surface area contributed by atoms with Gasteiger partial charge >= 0.3 is 0 Å². The summed E-state index contributed by atoms with van der Waals surface area (Å²) < 4.78 is 0.530. The van der Waals surface area contributed by atoms with Gasteiger partial charge in [-0.05, 0) is 28.9 Å². The Morgan fingerprint density at radius 2 is 2.17 bits per heavy atom. The number of rotatable bonds is 1. The normalized spacial score (nSPS) is 9.83. The van der Waals surface area contributed by atoms with Crippen molar-refractivity contribution < 1.29 is 4.79 Å². The van der Waals surface area contributed by atoms with Crippen LogP contribution in [0.15, 0.2) is 10.7 Å². The lowest BCUT2D eigenvalue weighted by Gasteiger charge is -2.04. The molecule has 0 saturated carbocycles. The van der Waals surface area contributed by atoms with Gasteiger partial charge in [0.25, 0.3) is 0 Å². The van der Waals surface area contributed by atoms with Crippen LogP contribution >= 0.6 is 15.9 Å². The van der Waals surface area contributed by atoms with E-state index >= 15 is 0 Å². The van der Waals surface area contributed by atoms with Crippen molar-refractivity contribution in [2.75, 3.05) is 11.5 Å². The quantitative estimate of drug-likeness (QED) is 0.561. The molecule has 0 aliphatic heterocycles. The van der Waals surface area contributed by atoms with Crippen LogP contribution in [0.1, 0.15) is 17.3 Å². The number of nitrogens with two attached hydrogens (primary N) is 2. The fourth-order valence-corrected chi connectivity index (χ4v) is 1.37. The van der Waals surface area contributed by atoms with Crippen LogP contribution in [-0.4, -0.2) is 10.8 Å². The molecule has 0 aliphatic rings. The summed E-state index contributed by atoms with van der Waals surface area (Å²) in [5.74, 6) is -0.0145. The van der Waals surface area contributed by atoms with Gasteiger partial charge in [0, 0.05) is 5.69 Å². The minimum atomic E-state index is -0.176. The third-order valence-corrected chi connectivity index (χ3v) is 1.80. The van der Waals surface area contributed by atoms with E-state index in [0.717, 1.165) is 0 Å². The first-order valence-electron chi connectivity index (χ1n) is 3.25. The largest absolute Gasteiger partial charge is 0.398 e. The number of hydrogen-bond acceptors (Lipinski definition) is 4. The minimum Gasteiger partial charge on any atom is -0.398 e. The minimum absolute atomic E-state index is 0.161. The summed E-state index contributed by atoms with van der Waals surface area (Å²) in [7, 11) is 0. The molecule has 12 heavy (non-hydrogen) atoms. The highest BCUT2D eigenvalue weighted by Crippen LogP contribution is 2.21. The van der Waals surface area contributed by atoms with Crippen LogP contribution in [-0.2, 0) is 0 Å². The molecule has 64 valence electrons. The molecule has 0 atom stereocenters. The molecular formula is C7H8BrN3O. The van der Waals surface area contributed by atoms with E-state index in [9.17, 15) is 4.79 Å². The number of anilines is 2. The highest BCUT2D eigenvalue weighted by atomic mass is 79.9. The van der Waals surface area contributed by atoms with Gasteiger partial charge in [0.05, 0.1) is 5.56 Å². The monoisotopic (exact) mass is 229 g/mol. The van der Waals surface area contributed by atoms with Crippen molar-refractivity contribution in [2.24, 2.45) is 0 Å². The zero-order chi connectivity index (χ0) is 9.30. The number of halogens is 1. The maximum atomic E-state index is 11.0. The second-order valence-corrected chi connectivity index (χ2v) is 3.16. The van der Waals surface area contributed by atoms with E-state index in [0.29, 0.717) is 15.9 Å². The van der Waals surface area contributed by atoms with Crippen molar-refractivity contribution in [3.63, 3.8) is 0 Å². The topological polar surface area (TPSA) is 82.0 Å². The standard InChI is InChI=1S/C7H8BrN3O/c1-3(12)6-4(9)2-5(8)11-7(6)10/h2H,1H3,(H4,9,10,11). The first-order valence-corrected chi connectivity index (χ1v) is 4.04. The Labute approximate surface area is 78.1 Å². The van der Waals surface area contributed by atoms with Gasteiger partial charge in [-0.1, -0.05) is 0 Å². The first kappa shape index (κ1) is 8.99. The van der Waals surface area contributed by atoms with Crippen LogP contribution < -0.4 is 11.5 Å². The van der Waals surface area contributed by atoms with Gasteiger partial charge in [-0.25, -0.2) is 4.98 Å². The summed E-state index contributed by atoms with van der Waals surface area (Å²) in [6.07, 6.45) is 0. The number of ketones is 1. The predicted molar refractivity (Wildman–Crippen MR) is 50.8 cm³/mol. The molecular weight excluding hydrogens is 222 g/mol. The second kappa shape index (κ2) is 3.10. The smallest absolute Gasteiger partial charge is 0.165 e. The summed E-state index contributed by atoms with van der Waals surface area (Å²) in [6, 6.07) is 1.55. The van der Waals surface area contributed by atoms with Gasteiger partial charge in [0.1, 0.15) is 10.4 Å². The summed E-state index contributed by atoms with van der Waals surface area (Å²) >= 11 is 3.11. The average molecular weight is 230 g/mol. The number of aromatic nitrogens is 1. The van der Waals surface area contributed by atoms with E-state index in [1.54, 1.807) is 6.07 Å². The highest BCUT2D eigenvalue weighted by Gasteiger charge is 2.10. The molecule has 1 heterocycles. The van der Waals surface area contributed by atoms with Crippen molar-refractivity contribution >= 4 is 33.2 Å². The number of Topliss-reactive ketones (excluding diaryl/α,β-unsaturated/α-hetero) is 1. The molecule has 5 heteroatoms. The van der Waals surface area contributed by atoms with E-state index in [4.69, 9.17) is 11.5 Å². The second-order valence-electron chi connectivity index (χ2n) is 2.35. The summed E-state index contributed by atoms with van der Waals surface area (Å²) in [4.78, 5) is 14.8. The van der Waals surface area contributed by atoms with Gasteiger partial charge in [-0.15, -0.1) is 0 Å². The molecule has 0 saturated heterocycles. The average Bonchev–Trinajstić information content (AvgIpc) is 1.82. The lowest BCUT2D eigenvalue weighted by molar-refractivity contribution is 0.101. The van der Waals surface area contributed by atoms with Crippen LogP contribution in [0.2, 0.25) is 0 Å². The van der Waals surface area contributed by atoms with Gasteiger partial charge < -0.3 is 11.5 Å². The molecule has 0 bridgehead atoms. The van der Waals surface area contributed by atoms with E-state index < -0.39 is 0 Å². The number of pyridine rings is 1. The Kier molecular flexibility index (Phi) is 2.32. The van der Waals surface area contributed by atoms with Gasteiger partial charge in [0.15, 0.2) is 5.78 Å². The Morgan fingerprint density at radius 3 is 2.58 bits per heavy atom. The Hall–Kier alpha value is -1.10. The molecule has 1 aromatic rings. The summed E-state index contributed by atoms with van der Waals surface area (Å²) in [5.41, 5.74) is 11.7. The van der Waals surface area contributed by atoms with Crippen molar-refractivity contribution in [1.82, 2.24) is 4.98 Å². The molecule has 0 amide bonds. The number of hydrogen-bond donors (Lipinski definition) is 2. The van der Waals surface area contributed by atoms with Gasteiger partial charge in [-0.3, -0.25) is 4.79 Å². The van der Waals surface area contributed by atoms with Crippen LogP contribution in [0.5, 0.6) is 0 Å². The van der Waals surface area contributed by atoms with E-state index in [1.165, 1.54) is 6.92 Å². The third-order valence-electron chi connectivity index (χ3n) is 1.40. The SMILES string of the molecule is CC(=O)c1c(N)cc(Br)nc1N. The molecule has 0 spiro atoms. The fourth-order valence-electron chi connectivity index (χ4n) is 0.935. The Morgan fingerprint density at radius 1 is 1.58 bits per heavy atom. The Balaban J connectivity index is 3.38. The van der Waals surface area contributed by atoms with Gasteiger partial charge in [-0.2, -0.15) is 0 Å². The fraction of sp³-hybridized carbons (Fsp3) is 0.143. The molecule has 0 fully saturated rings. The van der Waals surface area contributed by atoms with E-state index in [1.807, 2.05) is 0 Å². The van der Waals surface area contributed by atoms with E-state index in [2.05, 4.69) is 20.9 Å². The maximum absolute atomic E-state index is 11.0. The summed E-state index contributed by atoms with van der Waals surface area (Å²) in [6.45, 7) is 1.40. The molecule has 0 aromatic carbocycles. The molecule has 0 aliphatic carbocycles. The third kappa shape index (κ3) is 1.55. The Bertz CT molecular complexity index is 314. The van der Waals surface area contributed by atoms with Crippen molar-refractivity contribution in [3.05, 3.63) is 16.2 Å². The van der Waals surface area contributed by atoms with Crippen LogP contribution in [0.25, 0.3) is 0 Å². The lowest BCUT2D eigenvalue weighted by atomic mass is 10.1. The van der Waals surface area contributed by atoms with E-state index in [-0.39, 0.29) is 11.6 Å². The molecule has 1 rings (SSSR count). The number of carbonyl (C=O) groups excluding carboxylic acids is 1. The molecule has 1 aromatic heterocycles. The number of nitrogens with zero attached hydrogens (tertiary/aromatic N) is 1. The van der Waals surface area contributed by atoms with Gasteiger partial charge in [0.2, 0.25) is 0 Å². The highest BCUT2D eigenvalue weighted by molar-refractivity contribution is 9.10. The number of carbonyl (C=O) groups is 1. The zero-order valence-corrected chi connectivity index (χ0v) is 8.05. The number of nitrogen functional groups attached to an aromatic ring is 2. The van der Waals surface area contributed by atoms with Crippen molar-refractivity contribution in [2.45, 2.75) is 6.92 Å². The maximum Gasteiger partial charge on any atom is 0.165 e. The van der Waals surface area contributed by atoms with Crippen LogP contribution in [0.4, 0.5) is 11.5 Å². The summed E-state index contributed by atoms with van der Waals surface area (Å²) in [5, 5.41) is 0. The first-order chi connectivity index (χ1) is 5.52. The lowest BCUT2D eigenvalue weighted by Crippen LogP contribution is -2.06. The van der Waals surface area contributed by atoms with Crippen LogP contribution in [0, 0.1) is 0 Å². The molecule has 4 nitrogen and oxygen atoms in total. The molecule has 0 radical (unpaired) electrons. The molecule has 4 N–H and O–H groups in total. The van der Waals surface area contributed by atoms with Crippen LogP contribution in [0.3, 0.4) is 0 Å². The zero-order valence-electron chi connectivity index (χ0n) is 6.47. The van der Waals surface area contributed by atoms with Crippen molar-refractivity contribution in [3.8, 4) is 0 Å². The predicted octanol–water partition coefficient (Wildman–Crippen LogP) is 1.21. The van der Waals surface area contributed by atoms with Crippen molar-refractivity contribution in [1.29, 1.82) is 0 Å².